The van der Waals surface area contributed by atoms with Gasteiger partial charge in [0, 0.05) is 11.6 Å². The molecule has 0 unspecified atom stereocenters. The number of nitrogen functional groups attached to an aromatic ring is 1. The predicted octanol–water partition coefficient (Wildman–Crippen LogP) is 2.91. The van der Waals surface area contributed by atoms with Crippen molar-refractivity contribution in [3.63, 3.8) is 0 Å². The van der Waals surface area contributed by atoms with Crippen LogP contribution in [0.1, 0.15) is 15.9 Å². The van der Waals surface area contributed by atoms with E-state index in [4.69, 9.17) is 10.5 Å². The summed E-state index contributed by atoms with van der Waals surface area (Å²) < 4.78 is 36.2. The van der Waals surface area contributed by atoms with E-state index in [9.17, 15) is 13.6 Å². The lowest BCUT2D eigenvalue weighted by atomic mass is 10.2. The SMILES string of the molecule is COC(=O)c1ccc(OCc2ccc(F)cc2F)c(N)c1. The summed E-state index contributed by atoms with van der Waals surface area (Å²) in [6.07, 6.45) is 0. The minimum atomic E-state index is -0.695. The van der Waals surface area contributed by atoms with Crippen molar-refractivity contribution in [3.8, 4) is 5.75 Å². The molecule has 6 heteroatoms. The predicted molar refractivity (Wildman–Crippen MR) is 72.9 cm³/mol. The molecule has 0 atom stereocenters. The van der Waals surface area contributed by atoms with Gasteiger partial charge in [0.15, 0.2) is 0 Å². The number of hydrogen-bond acceptors (Lipinski definition) is 4. The van der Waals surface area contributed by atoms with Crippen LogP contribution < -0.4 is 10.5 Å². The van der Waals surface area contributed by atoms with E-state index in [2.05, 4.69) is 4.74 Å². The van der Waals surface area contributed by atoms with Gasteiger partial charge in [-0.2, -0.15) is 0 Å². The fourth-order valence-corrected chi connectivity index (χ4v) is 1.72. The van der Waals surface area contributed by atoms with Crippen molar-refractivity contribution in [2.45, 2.75) is 6.61 Å². The number of hydrogen-bond donors (Lipinski definition) is 1. The molecule has 0 heterocycles. The monoisotopic (exact) mass is 293 g/mol. The number of esters is 1. The average Bonchev–Trinajstić information content (AvgIpc) is 2.46. The summed E-state index contributed by atoms with van der Waals surface area (Å²) in [7, 11) is 1.26. The Morgan fingerprint density at radius 2 is 1.95 bits per heavy atom. The molecule has 4 nitrogen and oxygen atoms in total. The molecular formula is C15H13F2NO3. The molecule has 110 valence electrons. The van der Waals surface area contributed by atoms with Crippen molar-refractivity contribution in [2.75, 3.05) is 12.8 Å². The molecule has 0 spiro atoms. The molecule has 0 fully saturated rings. The van der Waals surface area contributed by atoms with Gasteiger partial charge >= 0.3 is 5.97 Å². The number of ether oxygens (including phenoxy) is 2. The lowest BCUT2D eigenvalue weighted by Crippen LogP contribution is -2.05. The zero-order valence-corrected chi connectivity index (χ0v) is 11.2. The van der Waals surface area contributed by atoms with Gasteiger partial charge in [-0.25, -0.2) is 13.6 Å². The van der Waals surface area contributed by atoms with Gasteiger partial charge in [-0.3, -0.25) is 0 Å². The van der Waals surface area contributed by atoms with Crippen molar-refractivity contribution >= 4 is 11.7 Å². The highest BCUT2D eigenvalue weighted by molar-refractivity contribution is 5.90. The van der Waals surface area contributed by atoms with E-state index in [0.717, 1.165) is 12.1 Å². The number of methoxy groups -OCH3 is 1. The van der Waals surface area contributed by atoms with Crippen LogP contribution in [0.2, 0.25) is 0 Å². The summed E-state index contributed by atoms with van der Waals surface area (Å²) in [5.74, 6) is -1.57. The summed E-state index contributed by atoms with van der Waals surface area (Å²) in [5, 5.41) is 0. The maximum Gasteiger partial charge on any atom is 0.337 e. The van der Waals surface area contributed by atoms with Crippen LogP contribution in [-0.4, -0.2) is 13.1 Å². The van der Waals surface area contributed by atoms with E-state index in [1.165, 1.54) is 31.4 Å². The molecule has 0 aliphatic heterocycles. The summed E-state index contributed by atoms with van der Waals surface area (Å²) in [6, 6.07) is 7.60. The number of nitrogens with two attached hydrogens (primary N) is 1. The smallest absolute Gasteiger partial charge is 0.337 e. The van der Waals surface area contributed by atoms with Crippen LogP contribution in [0.15, 0.2) is 36.4 Å². The van der Waals surface area contributed by atoms with Crippen molar-refractivity contribution < 1.29 is 23.0 Å². The standard InChI is InChI=1S/C15H13F2NO3/c1-20-15(19)9-3-5-14(13(18)6-9)21-8-10-2-4-11(16)7-12(10)17/h2-7H,8,18H2,1H3. The fourth-order valence-electron chi connectivity index (χ4n) is 1.72. The second kappa shape index (κ2) is 6.21. The maximum atomic E-state index is 13.5. The Morgan fingerprint density at radius 3 is 2.57 bits per heavy atom. The normalized spacial score (nSPS) is 10.2. The first-order valence-corrected chi connectivity index (χ1v) is 6.06. The molecule has 0 bridgehead atoms. The van der Waals surface area contributed by atoms with Crippen LogP contribution in [0.25, 0.3) is 0 Å². The third kappa shape index (κ3) is 3.47. The van der Waals surface area contributed by atoms with Crippen LogP contribution in [0.4, 0.5) is 14.5 Å². The largest absolute Gasteiger partial charge is 0.487 e. The first-order valence-electron chi connectivity index (χ1n) is 6.06. The third-order valence-electron chi connectivity index (χ3n) is 2.83. The number of carbonyl (C=O) groups excluding carboxylic acids is 1. The fraction of sp³-hybridized carbons (Fsp3) is 0.133. The minimum absolute atomic E-state index is 0.103. The quantitative estimate of drug-likeness (QED) is 0.695. The first-order chi connectivity index (χ1) is 10.0. The number of halogens is 2. The lowest BCUT2D eigenvalue weighted by molar-refractivity contribution is 0.0600. The molecule has 2 rings (SSSR count). The second-order valence-corrected chi connectivity index (χ2v) is 4.27. The molecule has 0 radical (unpaired) electrons. The highest BCUT2D eigenvalue weighted by atomic mass is 19.1. The Labute approximate surface area is 120 Å². The van der Waals surface area contributed by atoms with E-state index in [1.807, 2.05) is 0 Å². The van der Waals surface area contributed by atoms with Crippen molar-refractivity contribution in [2.24, 2.45) is 0 Å². The van der Waals surface area contributed by atoms with Crippen LogP contribution in [-0.2, 0) is 11.3 Å². The Hall–Kier alpha value is -2.63. The molecule has 2 aromatic rings. The van der Waals surface area contributed by atoms with Crippen molar-refractivity contribution in [3.05, 3.63) is 59.2 Å². The van der Waals surface area contributed by atoms with Crippen LogP contribution in [0, 0.1) is 11.6 Å². The molecule has 2 N–H and O–H groups in total. The summed E-state index contributed by atoms with van der Waals surface area (Å²) in [4.78, 5) is 11.3. The van der Waals surface area contributed by atoms with E-state index < -0.39 is 17.6 Å². The Morgan fingerprint density at radius 1 is 1.19 bits per heavy atom. The summed E-state index contributed by atoms with van der Waals surface area (Å²) in [6.45, 7) is -0.103. The molecule has 0 aliphatic rings. The van der Waals surface area contributed by atoms with Crippen molar-refractivity contribution in [1.29, 1.82) is 0 Å². The Balaban J connectivity index is 2.11. The van der Waals surface area contributed by atoms with E-state index in [-0.39, 0.29) is 23.4 Å². The summed E-state index contributed by atoms with van der Waals surface area (Å²) >= 11 is 0. The zero-order valence-electron chi connectivity index (χ0n) is 11.2. The topological polar surface area (TPSA) is 61.5 Å². The minimum Gasteiger partial charge on any atom is -0.487 e. The summed E-state index contributed by atoms with van der Waals surface area (Å²) in [5.41, 5.74) is 6.47. The van der Waals surface area contributed by atoms with Crippen molar-refractivity contribution in [1.82, 2.24) is 0 Å². The van der Waals surface area contributed by atoms with E-state index in [0.29, 0.717) is 5.75 Å². The highest BCUT2D eigenvalue weighted by Gasteiger charge is 2.10. The van der Waals surface area contributed by atoms with Crippen LogP contribution >= 0.6 is 0 Å². The Kier molecular flexibility index (Phi) is 4.37. The molecule has 2 aromatic carbocycles. The number of anilines is 1. The highest BCUT2D eigenvalue weighted by Crippen LogP contribution is 2.24. The number of benzene rings is 2. The molecule has 0 aliphatic carbocycles. The van der Waals surface area contributed by atoms with Gasteiger partial charge in [0.25, 0.3) is 0 Å². The van der Waals surface area contributed by atoms with Gasteiger partial charge in [-0.1, -0.05) is 0 Å². The van der Waals surface area contributed by atoms with E-state index in [1.54, 1.807) is 0 Å². The molecule has 0 saturated carbocycles. The lowest BCUT2D eigenvalue weighted by Gasteiger charge is -2.10. The van der Waals surface area contributed by atoms with Gasteiger partial charge in [0.05, 0.1) is 18.4 Å². The van der Waals surface area contributed by atoms with Gasteiger partial charge in [0.2, 0.25) is 0 Å². The second-order valence-electron chi connectivity index (χ2n) is 4.27. The van der Waals surface area contributed by atoms with Gasteiger partial charge in [0.1, 0.15) is 24.0 Å². The van der Waals surface area contributed by atoms with Gasteiger partial charge in [-0.15, -0.1) is 0 Å². The molecule has 0 amide bonds. The van der Waals surface area contributed by atoms with Crippen LogP contribution in [0.3, 0.4) is 0 Å². The number of carbonyl (C=O) groups is 1. The molecular weight excluding hydrogens is 280 g/mol. The van der Waals surface area contributed by atoms with Gasteiger partial charge < -0.3 is 15.2 Å². The Bertz CT molecular complexity index is 674. The molecule has 0 aromatic heterocycles. The average molecular weight is 293 g/mol. The van der Waals surface area contributed by atoms with Gasteiger partial charge in [-0.05, 0) is 30.3 Å². The zero-order chi connectivity index (χ0) is 15.4. The third-order valence-corrected chi connectivity index (χ3v) is 2.83. The first kappa shape index (κ1) is 14.8. The molecule has 21 heavy (non-hydrogen) atoms. The van der Waals surface area contributed by atoms with Crippen LogP contribution in [0.5, 0.6) is 5.75 Å². The maximum absolute atomic E-state index is 13.5. The van der Waals surface area contributed by atoms with E-state index >= 15 is 0 Å². The number of rotatable bonds is 4. The molecule has 0 saturated heterocycles.